The monoisotopic (exact) mass is 261 g/mol. The first-order valence-corrected chi connectivity index (χ1v) is 6.77. The average Bonchev–Trinajstić information content (AvgIpc) is 2.78. The van der Waals surface area contributed by atoms with Crippen LogP contribution in [0.5, 0.6) is 0 Å². The van der Waals surface area contributed by atoms with Gasteiger partial charge in [-0.25, -0.2) is 4.39 Å². The lowest BCUT2D eigenvalue weighted by Crippen LogP contribution is -2.28. The number of benzene rings is 1. The molecule has 2 rings (SSSR count). The third kappa shape index (κ3) is 2.94. The molecule has 0 aliphatic carbocycles. The van der Waals surface area contributed by atoms with E-state index in [9.17, 15) is 4.39 Å². The second-order valence-electron chi connectivity index (χ2n) is 5.13. The van der Waals surface area contributed by atoms with E-state index >= 15 is 0 Å². The molecule has 1 saturated heterocycles. The number of rotatable bonds is 4. The summed E-state index contributed by atoms with van der Waals surface area (Å²) in [6.45, 7) is 5.06. The van der Waals surface area contributed by atoms with Gasteiger partial charge in [-0.05, 0) is 56.7 Å². The number of hydrogen-bond acceptors (Lipinski definition) is 3. The first-order valence-electron chi connectivity index (χ1n) is 6.77. The van der Waals surface area contributed by atoms with Gasteiger partial charge in [0.15, 0.2) is 0 Å². The van der Waals surface area contributed by atoms with Gasteiger partial charge in [0.25, 0.3) is 0 Å². The van der Waals surface area contributed by atoms with Crippen LogP contribution >= 0.6 is 0 Å². The molecule has 0 saturated carbocycles. The molecule has 1 N–H and O–H groups in total. The van der Waals surface area contributed by atoms with Crippen LogP contribution in [0.15, 0.2) is 18.2 Å². The van der Waals surface area contributed by atoms with Gasteiger partial charge in [-0.15, -0.1) is 0 Å². The Morgan fingerprint density at radius 2 is 2.32 bits per heavy atom. The molecular formula is C15H20FN3. The normalized spacial score (nSPS) is 23.5. The molecule has 1 aromatic rings. The van der Waals surface area contributed by atoms with Crippen LogP contribution in [0.3, 0.4) is 0 Å². The van der Waals surface area contributed by atoms with Crippen LogP contribution in [0.25, 0.3) is 0 Å². The Hall–Kier alpha value is -1.44. The summed E-state index contributed by atoms with van der Waals surface area (Å²) in [5.41, 5.74) is 1.18. The van der Waals surface area contributed by atoms with Crippen LogP contribution in [-0.2, 0) is 0 Å². The number of nitriles is 1. The van der Waals surface area contributed by atoms with Gasteiger partial charge in [-0.1, -0.05) is 13.0 Å². The number of hydrogen-bond donors (Lipinski definition) is 1. The molecule has 2 atom stereocenters. The number of nitrogens with zero attached hydrogens (tertiary/aromatic N) is 2. The molecule has 4 heteroatoms. The Labute approximate surface area is 114 Å². The highest BCUT2D eigenvalue weighted by atomic mass is 19.1. The van der Waals surface area contributed by atoms with Crippen molar-refractivity contribution in [2.24, 2.45) is 5.92 Å². The molecule has 1 aliphatic heterocycles. The molecule has 0 spiro atoms. The molecule has 0 aromatic heterocycles. The quantitative estimate of drug-likeness (QED) is 0.904. The number of likely N-dealkylation sites (tertiary alicyclic amines) is 1. The molecule has 0 radical (unpaired) electrons. The molecule has 102 valence electrons. The maximum Gasteiger partial charge on any atom is 0.140 e. The lowest BCUT2D eigenvalue weighted by atomic mass is 9.92. The summed E-state index contributed by atoms with van der Waals surface area (Å²) in [7, 11) is 2.09. The predicted molar refractivity (Wildman–Crippen MR) is 73.1 cm³/mol. The van der Waals surface area contributed by atoms with E-state index in [1.165, 1.54) is 6.07 Å². The second kappa shape index (κ2) is 6.14. The zero-order valence-corrected chi connectivity index (χ0v) is 11.5. The summed E-state index contributed by atoms with van der Waals surface area (Å²) in [6.07, 6.45) is 1.13. The molecule has 0 bridgehead atoms. The Bertz CT molecular complexity index is 481. The highest BCUT2D eigenvalue weighted by Crippen LogP contribution is 2.36. The average molecular weight is 261 g/mol. The van der Waals surface area contributed by atoms with Gasteiger partial charge in [0.2, 0.25) is 0 Å². The van der Waals surface area contributed by atoms with Gasteiger partial charge in [-0.3, -0.25) is 4.90 Å². The first-order chi connectivity index (χ1) is 9.17. The van der Waals surface area contributed by atoms with E-state index in [0.29, 0.717) is 5.92 Å². The van der Waals surface area contributed by atoms with E-state index in [4.69, 9.17) is 5.26 Å². The SMILES string of the molecule is CCNCC1CCN(C)C1c1ccc(F)c(C#N)c1. The maximum atomic E-state index is 13.4. The number of nitrogens with one attached hydrogen (secondary N) is 1. The molecule has 3 nitrogen and oxygen atoms in total. The molecule has 19 heavy (non-hydrogen) atoms. The molecule has 1 aromatic carbocycles. The first kappa shape index (κ1) is 14.0. The van der Waals surface area contributed by atoms with Crippen LogP contribution in [0.4, 0.5) is 4.39 Å². The van der Waals surface area contributed by atoms with E-state index in [1.54, 1.807) is 6.07 Å². The lowest BCUT2D eigenvalue weighted by molar-refractivity contribution is 0.272. The molecular weight excluding hydrogens is 241 g/mol. The smallest absolute Gasteiger partial charge is 0.140 e. The summed E-state index contributed by atoms with van der Waals surface area (Å²) >= 11 is 0. The van der Waals surface area contributed by atoms with Crippen molar-refractivity contribution in [2.45, 2.75) is 19.4 Å². The third-order valence-corrected chi connectivity index (χ3v) is 3.88. The summed E-state index contributed by atoms with van der Waals surface area (Å²) in [4.78, 5) is 2.29. The van der Waals surface area contributed by atoms with Gasteiger partial charge >= 0.3 is 0 Å². The summed E-state index contributed by atoms with van der Waals surface area (Å²) in [5.74, 6) is 0.0806. The number of halogens is 1. The van der Waals surface area contributed by atoms with Gasteiger partial charge in [-0.2, -0.15) is 5.26 Å². The van der Waals surface area contributed by atoms with Gasteiger partial charge in [0.1, 0.15) is 11.9 Å². The van der Waals surface area contributed by atoms with E-state index in [1.807, 2.05) is 12.1 Å². The van der Waals surface area contributed by atoms with Crippen molar-refractivity contribution >= 4 is 0 Å². The largest absolute Gasteiger partial charge is 0.317 e. The van der Waals surface area contributed by atoms with Crippen LogP contribution in [-0.4, -0.2) is 31.6 Å². The Morgan fingerprint density at radius 3 is 3.00 bits per heavy atom. The minimum Gasteiger partial charge on any atom is -0.317 e. The molecule has 1 fully saturated rings. The van der Waals surface area contributed by atoms with Crippen LogP contribution in [0.1, 0.15) is 30.5 Å². The topological polar surface area (TPSA) is 39.1 Å². The summed E-state index contributed by atoms with van der Waals surface area (Å²) in [5, 5.41) is 12.3. The van der Waals surface area contributed by atoms with E-state index in [-0.39, 0.29) is 11.6 Å². The fraction of sp³-hybridized carbons (Fsp3) is 0.533. The standard InChI is InChI=1S/C15H20FN3/c1-3-18-10-12-6-7-19(2)15(12)11-4-5-14(16)13(8-11)9-17/h4-5,8,12,15,18H,3,6-7,10H2,1-2H3. The van der Waals surface area contributed by atoms with E-state index in [0.717, 1.165) is 31.6 Å². The van der Waals surface area contributed by atoms with Crippen LogP contribution in [0, 0.1) is 23.1 Å². The van der Waals surface area contributed by atoms with Crippen LogP contribution in [0.2, 0.25) is 0 Å². The Morgan fingerprint density at radius 1 is 1.53 bits per heavy atom. The van der Waals surface area contributed by atoms with Crippen molar-refractivity contribution in [2.75, 3.05) is 26.7 Å². The van der Waals surface area contributed by atoms with Crippen molar-refractivity contribution in [3.63, 3.8) is 0 Å². The molecule has 2 unspecified atom stereocenters. The fourth-order valence-electron chi connectivity index (χ4n) is 2.91. The highest BCUT2D eigenvalue weighted by molar-refractivity contribution is 5.36. The Balaban J connectivity index is 2.25. The molecule has 0 amide bonds. The lowest BCUT2D eigenvalue weighted by Gasteiger charge is -2.26. The summed E-state index contributed by atoms with van der Waals surface area (Å²) < 4.78 is 13.4. The molecule has 1 aliphatic rings. The summed E-state index contributed by atoms with van der Waals surface area (Å²) in [6, 6.07) is 7.10. The maximum absolute atomic E-state index is 13.4. The fourth-order valence-corrected chi connectivity index (χ4v) is 2.91. The zero-order valence-electron chi connectivity index (χ0n) is 11.5. The van der Waals surface area contributed by atoms with Crippen molar-refractivity contribution < 1.29 is 4.39 Å². The Kier molecular flexibility index (Phi) is 4.52. The van der Waals surface area contributed by atoms with Gasteiger partial charge < -0.3 is 5.32 Å². The second-order valence-corrected chi connectivity index (χ2v) is 5.13. The highest BCUT2D eigenvalue weighted by Gasteiger charge is 2.32. The minimum atomic E-state index is -0.435. The third-order valence-electron chi connectivity index (χ3n) is 3.88. The van der Waals surface area contributed by atoms with Crippen molar-refractivity contribution in [3.05, 3.63) is 35.1 Å². The zero-order chi connectivity index (χ0) is 13.8. The van der Waals surface area contributed by atoms with Gasteiger partial charge in [0, 0.05) is 6.04 Å². The van der Waals surface area contributed by atoms with Crippen molar-refractivity contribution in [1.82, 2.24) is 10.2 Å². The predicted octanol–water partition coefficient (Wildman–Crippen LogP) is 2.30. The van der Waals surface area contributed by atoms with E-state index < -0.39 is 5.82 Å². The van der Waals surface area contributed by atoms with Crippen molar-refractivity contribution in [1.29, 1.82) is 5.26 Å². The van der Waals surface area contributed by atoms with Crippen LogP contribution < -0.4 is 5.32 Å². The van der Waals surface area contributed by atoms with Gasteiger partial charge in [0.05, 0.1) is 5.56 Å². The van der Waals surface area contributed by atoms with Crippen molar-refractivity contribution in [3.8, 4) is 6.07 Å². The van der Waals surface area contributed by atoms with E-state index in [2.05, 4.69) is 24.2 Å². The molecule has 1 heterocycles. The minimum absolute atomic E-state index is 0.139.